The molecule has 1 aromatic rings. The Bertz CT molecular complexity index is 330. The molecule has 1 heterocycles. The number of thiazole rings is 1. The highest BCUT2D eigenvalue weighted by Crippen LogP contribution is 2.48. The maximum atomic E-state index is 4.51. The van der Waals surface area contributed by atoms with Gasteiger partial charge in [-0.3, -0.25) is 0 Å². The van der Waals surface area contributed by atoms with E-state index in [1.165, 1.54) is 29.1 Å². The molecule has 2 unspecified atom stereocenters. The molecule has 2 saturated carbocycles. The Labute approximate surface area is 88.7 Å². The second-order valence-electron chi connectivity index (χ2n) is 4.64. The van der Waals surface area contributed by atoms with E-state index in [1.54, 1.807) is 0 Å². The molecule has 3 rings (SSSR count). The molecule has 2 nitrogen and oxygen atoms in total. The lowest BCUT2D eigenvalue weighted by Gasteiger charge is -1.96. The van der Waals surface area contributed by atoms with Gasteiger partial charge in [-0.25, -0.2) is 4.98 Å². The molecule has 0 bridgehead atoms. The summed E-state index contributed by atoms with van der Waals surface area (Å²) in [6.45, 7) is 3.34. The number of nitrogens with one attached hydrogen (secondary N) is 1. The topological polar surface area (TPSA) is 24.9 Å². The highest BCUT2D eigenvalue weighted by atomic mass is 32.1. The summed E-state index contributed by atoms with van der Waals surface area (Å²) in [7, 11) is 0. The fraction of sp³-hybridized carbons (Fsp3) is 0.727. The molecule has 0 spiro atoms. The number of hydrogen-bond donors (Lipinski definition) is 1. The van der Waals surface area contributed by atoms with Crippen molar-refractivity contribution < 1.29 is 0 Å². The standard InChI is InChI=1S/C11H16N2S/c1-7-4-10(7)11-13-6-9(14-11)5-12-8-2-3-8/h6-8,10,12H,2-5H2,1H3. The molecule has 1 aromatic heterocycles. The van der Waals surface area contributed by atoms with Crippen molar-refractivity contribution in [2.45, 2.75) is 44.7 Å². The van der Waals surface area contributed by atoms with Crippen molar-refractivity contribution in [3.8, 4) is 0 Å². The third-order valence-electron chi connectivity index (χ3n) is 3.14. The lowest BCUT2D eigenvalue weighted by Crippen LogP contribution is -2.14. The first-order valence-electron chi connectivity index (χ1n) is 5.51. The van der Waals surface area contributed by atoms with E-state index in [4.69, 9.17) is 0 Å². The van der Waals surface area contributed by atoms with E-state index in [0.29, 0.717) is 0 Å². The lowest BCUT2D eigenvalue weighted by atomic mass is 10.4. The van der Waals surface area contributed by atoms with Gasteiger partial charge in [-0.15, -0.1) is 11.3 Å². The Kier molecular flexibility index (Phi) is 2.10. The summed E-state index contributed by atoms with van der Waals surface area (Å²) in [5.74, 6) is 1.67. The van der Waals surface area contributed by atoms with E-state index in [9.17, 15) is 0 Å². The summed E-state index contributed by atoms with van der Waals surface area (Å²) in [5, 5.41) is 4.89. The van der Waals surface area contributed by atoms with Crippen LogP contribution < -0.4 is 5.32 Å². The predicted molar refractivity (Wildman–Crippen MR) is 58.5 cm³/mol. The zero-order valence-electron chi connectivity index (χ0n) is 8.49. The zero-order valence-corrected chi connectivity index (χ0v) is 9.31. The first kappa shape index (κ1) is 8.86. The first-order chi connectivity index (χ1) is 6.83. The fourth-order valence-electron chi connectivity index (χ4n) is 1.77. The van der Waals surface area contributed by atoms with Gasteiger partial charge >= 0.3 is 0 Å². The minimum Gasteiger partial charge on any atom is -0.309 e. The number of nitrogens with zero attached hydrogens (tertiary/aromatic N) is 1. The molecular weight excluding hydrogens is 192 g/mol. The maximum Gasteiger partial charge on any atom is 0.0961 e. The highest BCUT2D eigenvalue weighted by molar-refractivity contribution is 7.11. The average molecular weight is 208 g/mol. The highest BCUT2D eigenvalue weighted by Gasteiger charge is 2.36. The van der Waals surface area contributed by atoms with E-state index >= 15 is 0 Å². The average Bonchev–Trinajstić information content (AvgIpc) is 3.07. The number of hydrogen-bond acceptors (Lipinski definition) is 3. The quantitative estimate of drug-likeness (QED) is 0.822. The summed E-state index contributed by atoms with van der Waals surface area (Å²) < 4.78 is 0. The molecule has 0 aromatic carbocycles. The number of aromatic nitrogens is 1. The van der Waals surface area contributed by atoms with Gasteiger partial charge in [0.05, 0.1) is 5.01 Å². The van der Waals surface area contributed by atoms with Crippen molar-refractivity contribution in [1.82, 2.24) is 10.3 Å². The van der Waals surface area contributed by atoms with Crippen molar-refractivity contribution in [3.63, 3.8) is 0 Å². The smallest absolute Gasteiger partial charge is 0.0961 e. The van der Waals surface area contributed by atoms with Gasteiger partial charge in [0.15, 0.2) is 0 Å². The molecule has 1 N–H and O–H groups in total. The summed E-state index contributed by atoms with van der Waals surface area (Å²) in [6.07, 6.45) is 6.14. The van der Waals surface area contributed by atoms with Gasteiger partial charge in [0, 0.05) is 29.6 Å². The van der Waals surface area contributed by atoms with Crippen LogP contribution >= 0.6 is 11.3 Å². The SMILES string of the molecule is CC1CC1c1ncc(CNC2CC2)s1. The van der Waals surface area contributed by atoms with E-state index in [0.717, 1.165) is 24.4 Å². The molecular formula is C11H16N2S. The molecule has 0 saturated heterocycles. The molecule has 0 amide bonds. The van der Waals surface area contributed by atoms with E-state index in [1.807, 2.05) is 11.3 Å². The molecule has 76 valence electrons. The summed E-state index contributed by atoms with van der Waals surface area (Å²) in [4.78, 5) is 5.91. The summed E-state index contributed by atoms with van der Waals surface area (Å²) >= 11 is 1.90. The minimum absolute atomic E-state index is 0.787. The Balaban J connectivity index is 1.59. The molecule has 2 atom stereocenters. The van der Waals surface area contributed by atoms with E-state index in [2.05, 4.69) is 23.4 Å². The van der Waals surface area contributed by atoms with Gasteiger partial charge in [0.1, 0.15) is 0 Å². The van der Waals surface area contributed by atoms with Crippen LogP contribution in [0, 0.1) is 5.92 Å². The third kappa shape index (κ3) is 1.84. The third-order valence-corrected chi connectivity index (χ3v) is 4.27. The van der Waals surface area contributed by atoms with Crippen LogP contribution in [0.25, 0.3) is 0 Å². The normalized spacial score (nSPS) is 30.6. The van der Waals surface area contributed by atoms with Crippen molar-refractivity contribution in [1.29, 1.82) is 0 Å². The van der Waals surface area contributed by atoms with E-state index < -0.39 is 0 Å². The monoisotopic (exact) mass is 208 g/mol. The van der Waals surface area contributed by atoms with Crippen molar-refractivity contribution in [2.75, 3.05) is 0 Å². The van der Waals surface area contributed by atoms with Crippen LogP contribution in [-0.4, -0.2) is 11.0 Å². The van der Waals surface area contributed by atoms with Crippen LogP contribution in [0.4, 0.5) is 0 Å². The molecule has 2 aliphatic carbocycles. The predicted octanol–water partition coefficient (Wildman–Crippen LogP) is 2.52. The lowest BCUT2D eigenvalue weighted by molar-refractivity contribution is 0.694. The van der Waals surface area contributed by atoms with Crippen LogP contribution in [0.5, 0.6) is 0 Å². The van der Waals surface area contributed by atoms with Crippen molar-refractivity contribution >= 4 is 11.3 Å². The van der Waals surface area contributed by atoms with Gasteiger partial charge in [-0.1, -0.05) is 6.92 Å². The van der Waals surface area contributed by atoms with Crippen LogP contribution in [0.2, 0.25) is 0 Å². The fourth-order valence-corrected chi connectivity index (χ4v) is 2.89. The molecule has 14 heavy (non-hydrogen) atoms. The van der Waals surface area contributed by atoms with Crippen molar-refractivity contribution in [2.24, 2.45) is 5.92 Å². The largest absolute Gasteiger partial charge is 0.309 e. The second-order valence-corrected chi connectivity index (χ2v) is 5.79. The van der Waals surface area contributed by atoms with Gasteiger partial charge in [-0.2, -0.15) is 0 Å². The van der Waals surface area contributed by atoms with Crippen LogP contribution in [-0.2, 0) is 6.54 Å². The second kappa shape index (κ2) is 3.31. The first-order valence-corrected chi connectivity index (χ1v) is 6.32. The number of rotatable bonds is 4. The summed E-state index contributed by atoms with van der Waals surface area (Å²) in [5.41, 5.74) is 0. The van der Waals surface area contributed by atoms with E-state index in [-0.39, 0.29) is 0 Å². The Morgan fingerprint density at radius 2 is 2.36 bits per heavy atom. The Morgan fingerprint density at radius 3 is 3.00 bits per heavy atom. The zero-order chi connectivity index (χ0) is 9.54. The maximum absolute atomic E-state index is 4.51. The van der Waals surface area contributed by atoms with Crippen molar-refractivity contribution in [3.05, 3.63) is 16.1 Å². The summed E-state index contributed by atoms with van der Waals surface area (Å²) in [6, 6.07) is 0.806. The van der Waals surface area contributed by atoms with Gasteiger partial charge in [0.2, 0.25) is 0 Å². The minimum atomic E-state index is 0.787. The molecule has 0 radical (unpaired) electrons. The molecule has 2 aliphatic rings. The van der Waals surface area contributed by atoms with Crippen LogP contribution in [0.1, 0.15) is 42.0 Å². The molecule has 3 heteroatoms. The molecule has 0 aliphatic heterocycles. The van der Waals surface area contributed by atoms with Crippen LogP contribution in [0.15, 0.2) is 6.20 Å². The molecule has 2 fully saturated rings. The van der Waals surface area contributed by atoms with Gasteiger partial charge < -0.3 is 5.32 Å². The van der Waals surface area contributed by atoms with Crippen LogP contribution in [0.3, 0.4) is 0 Å². The Hall–Kier alpha value is -0.410. The van der Waals surface area contributed by atoms with Gasteiger partial charge in [-0.05, 0) is 25.2 Å². The van der Waals surface area contributed by atoms with Gasteiger partial charge in [0.25, 0.3) is 0 Å². The Morgan fingerprint density at radius 1 is 1.57 bits per heavy atom.